The Morgan fingerprint density at radius 3 is 2.47 bits per heavy atom. The monoisotopic (exact) mass is 259 g/mol. The average molecular weight is 259 g/mol. The van der Waals surface area contributed by atoms with E-state index in [-0.39, 0.29) is 0 Å². The molecule has 0 aliphatic heterocycles. The van der Waals surface area contributed by atoms with Gasteiger partial charge in [-0.15, -0.1) is 0 Å². The van der Waals surface area contributed by atoms with Gasteiger partial charge < -0.3 is 9.67 Å². The smallest absolute Gasteiger partial charge is 0.313 e. The van der Waals surface area contributed by atoms with Crippen LogP contribution in [0.25, 0.3) is 10.9 Å². The molecule has 19 heavy (non-hydrogen) atoms. The van der Waals surface area contributed by atoms with E-state index in [4.69, 9.17) is 0 Å². The van der Waals surface area contributed by atoms with Gasteiger partial charge in [0.15, 0.2) is 0 Å². The van der Waals surface area contributed by atoms with Crippen LogP contribution in [0, 0.1) is 6.92 Å². The highest BCUT2D eigenvalue weighted by molar-refractivity contribution is 5.87. The van der Waals surface area contributed by atoms with Gasteiger partial charge in [0, 0.05) is 23.1 Å². The number of carboxylic acid groups (broad SMARTS) is 1. The summed E-state index contributed by atoms with van der Waals surface area (Å²) >= 11 is 0. The van der Waals surface area contributed by atoms with Crippen LogP contribution in [0.2, 0.25) is 0 Å². The third-order valence-corrected chi connectivity index (χ3v) is 3.85. The molecule has 0 amide bonds. The van der Waals surface area contributed by atoms with E-state index < -0.39 is 11.4 Å². The Hall–Kier alpha value is -1.77. The number of rotatable bonds is 3. The summed E-state index contributed by atoms with van der Waals surface area (Å²) in [5.74, 6) is -0.800. The topological polar surface area (TPSA) is 42.2 Å². The minimum atomic E-state index is -0.867. The van der Waals surface area contributed by atoms with Crippen LogP contribution in [0.4, 0.5) is 0 Å². The number of aryl methyl sites for hydroxylation is 1. The van der Waals surface area contributed by atoms with Crippen molar-refractivity contribution in [2.45, 2.75) is 46.1 Å². The van der Waals surface area contributed by atoms with Crippen molar-refractivity contribution >= 4 is 16.9 Å². The quantitative estimate of drug-likeness (QED) is 0.908. The van der Waals surface area contributed by atoms with Crippen LogP contribution >= 0.6 is 0 Å². The van der Waals surface area contributed by atoms with Crippen LogP contribution in [-0.2, 0) is 10.2 Å². The molecule has 1 N–H and O–H groups in total. The van der Waals surface area contributed by atoms with Gasteiger partial charge in [0.25, 0.3) is 0 Å². The van der Waals surface area contributed by atoms with Crippen LogP contribution in [0.1, 0.15) is 44.9 Å². The Morgan fingerprint density at radius 2 is 1.95 bits per heavy atom. The zero-order chi connectivity index (χ0) is 14.4. The van der Waals surface area contributed by atoms with Crippen molar-refractivity contribution in [3.05, 3.63) is 35.5 Å². The molecule has 0 aliphatic carbocycles. The van der Waals surface area contributed by atoms with Gasteiger partial charge >= 0.3 is 5.97 Å². The first-order valence-corrected chi connectivity index (χ1v) is 6.60. The molecule has 0 aliphatic rings. The second-order valence-corrected chi connectivity index (χ2v) is 5.98. The highest BCUT2D eigenvalue weighted by Gasteiger charge is 2.29. The fourth-order valence-corrected chi connectivity index (χ4v) is 2.37. The number of aliphatic carboxylic acids is 1. The third kappa shape index (κ3) is 2.14. The number of carbonyl (C=O) groups is 1. The normalized spacial score (nSPS) is 12.3. The lowest BCUT2D eigenvalue weighted by molar-refractivity contribution is -0.142. The molecular weight excluding hydrogens is 238 g/mol. The van der Waals surface area contributed by atoms with Gasteiger partial charge in [-0.2, -0.15) is 0 Å². The van der Waals surface area contributed by atoms with Crippen molar-refractivity contribution in [2.75, 3.05) is 0 Å². The number of carboxylic acids is 1. The van der Waals surface area contributed by atoms with Crippen LogP contribution in [0.15, 0.2) is 24.4 Å². The molecule has 3 nitrogen and oxygen atoms in total. The molecular formula is C16H21NO2. The zero-order valence-electron chi connectivity index (χ0n) is 12.2. The second kappa shape index (κ2) is 4.41. The van der Waals surface area contributed by atoms with Gasteiger partial charge in [-0.1, -0.05) is 12.1 Å². The van der Waals surface area contributed by atoms with Crippen molar-refractivity contribution in [1.29, 1.82) is 0 Å². The lowest BCUT2D eigenvalue weighted by atomic mass is 9.84. The van der Waals surface area contributed by atoms with Gasteiger partial charge in [-0.05, 0) is 51.8 Å². The van der Waals surface area contributed by atoms with Gasteiger partial charge in [-0.3, -0.25) is 4.79 Å². The fraction of sp³-hybridized carbons (Fsp3) is 0.438. The van der Waals surface area contributed by atoms with Crippen molar-refractivity contribution in [3.8, 4) is 0 Å². The Labute approximate surface area is 113 Å². The number of aromatic nitrogens is 1. The Morgan fingerprint density at radius 1 is 1.32 bits per heavy atom. The molecule has 2 aromatic rings. The Bertz CT molecular complexity index is 635. The van der Waals surface area contributed by atoms with Crippen LogP contribution in [0.3, 0.4) is 0 Å². The largest absolute Gasteiger partial charge is 0.481 e. The van der Waals surface area contributed by atoms with E-state index in [1.54, 1.807) is 13.8 Å². The van der Waals surface area contributed by atoms with Crippen LogP contribution in [0.5, 0.6) is 0 Å². The van der Waals surface area contributed by atoms with Crippen molar-refractivity contribution in [3.63, 3.8) is 0 Å². The van der Waals surface area contributed by atoms with E-state index in [1.165, 1.54) is 10.9 Å². The summed E-state index contributed by atoms with van der Waals surface area (Å²) in [7, 11) is 0. The number of benzene rings is 1. The SMILES string of the molecule is Cc1cn(C(C)C)c2cc(C(C)(C)C(=O)O)ccc12. The molecule has 0 atom stereocenters. The first-order chi connectivity index (χ1) is 8.75. The molecule has 1 aromatic carbocycles. The molecule has 102 valence electrons. The second-order valence-electron chi connectivity index (χ2n) is 5.98. The van der Waals surface area contributed by atoms with E-state index >= 15 is 0 Å². The minimum absolute atomic E-state index is 0.361. The molecule has 1 heterocycles. The van der Waals surface area contributed by atoms with Crippen molar-refractivity contribution < 1.29 is 9.90 Å². The molecule has 0 unspecified atom stereocenters. The third-order valence-electron chi connectivity index (χ3n) is 3.85. The van der Waals surface area contributed by atoms with Gasteiger partial charge in [0.1, 0.15) is 0 Å². The van der Waals surface area contributed by atoms with Gasteiger partial charge in [-0.25, -0.2) is 0 Å². The first kappa shape index (κ1) is 13.7. The van der Waals surface area contributed by atoms with E-state index in [0.717, 1.165) is 11.1 Å². The van der Waals surface area contributed by atoms with E-state index in [9.17, 15) is 9.90 Å². The summed E-state index contributed by atoms with van der Waals surface area (Å²) in [6, 6.07) is 6.33. The highest BCUT2D eigenvalue weighted by atomic mass is 16.4. The highest BCUT2D eigenvalue weighted by Crippen LogP contribution is 2.30. The Kier molecular flexibility index (Phi) is 3.17. The number of hydrogen-bond acceptors (Lipinski definition) is 1. The standard InChI is InChI=1S/C16H21NO2/c1-10(2)17-9-11(3)13-7-6-12(8-14(13)17)16(4,5)15(18)19/h6-10H,1-5H3,(H,18,19). The molecule has 1 aromatic heterocycles. The van der Waals surface area contributed by atoms with E-state index in [0.29, 0.717) is 6.04 Å². The predicted octanol–water partition coefficient (Wildman–Crippen LogP) is 3.89. The van der Waals surface area contributed by atoms with Crippen LogP contribution in [-0.4, -0.2) is 15.6 Å². The first-order valence-electron chi connectivity index (χ1n) is 6.60. The number of nitrogens with zero attached hydrogens (tertiary/aromatic N) is 1. The lowest BCUT2D eigenvalue weighted by Gasteiger charge is -2.20. The lowest BCUT2D eigenvalue weighted by Crippen LogP contribution is -2.28. The summed E-state index contributed by atoms with van der Waals surface area (Å²) in [6.45, 7) is 9.84. The van der Waals surface area contributed by atoms with Crippen molar-refractivity contribution in [1.82, 2.24) is 4.57 Å². The number of fused-ring (bicyclic) bond motifs is 1. The number of hydrogen-bond donors (Lipinski definition) is 1. The fourth-order valence-electron chi connectivity index (χ4n) is 2.37. The maximum absolute atomic E-state index is 11.4. The molecule has 3 heteroatoms. The average Bonchev–Trinajstić information content (AvgIpc) is 2.66. The molecule has 2 rings (SSSR count). The summed E-state index contributed by atoms with van der Waals surface area (Å²) in [6.07, 6.45) is 2.13. The summed E-state index contributed by atoms with van der Waals surface area (Å²) in [5, 5.41) is 10.5. The maximum atomic E-state index is 11.4. The molecule has 0 bridgehead atoms. The van der Waals surface area contributed by atoms with Gasteiger partial charge in [0.05, 0.1) is 5.41 Å². The zero-order valence-corrected chi connectivity index (χ0v) is 12.2. The Balaban J connectivity index is 2.69. The summed E-state index contributed by atoms with van der Waals surface area (Å²) in [5.41, 5.74) is 2.31. The maximum Gasteiger partial charge on any atom is 0.313 e. The molecule has 0 fully saturated rings. The molecule has 0 spiro atoms. The van der Waals surface area contributed by atoms with Crippen LogP contribution < -0.4 is 0 Å². The van der Waals surface area contributed by atoms with E-state index in [2.05, 4.69) is 31.5 Å². The molecule has 0 radical (unpaired) electrons. The predicted molar refractivity (Wildman–Crippen MR) is 77.7 cm³/mol. The molecule has 0 saturated heterocycles. The summed E-state index contributed by atoms with van der Waals surface area (Å²) < 4.78 is 2.20. The summed E-state index contributed by atoms with van der Waals surface area (Å²) in [4.78, 5) is 11.4. The van der Waals surface area contributed by atoms with Crippen molar-refractivity contribution in [2.24, 2.45) is 0 Å². The minimum Gasteiger partial charge on any atom is -0.481 e. The van der Waals surface area contributed by atoms with E-state index in [1.807, 2.05) is 18.2 Å². The molecule has 0 saturated carbocycles. The van der Waals surface area contributed by atoms with Gasteiger partial charge in [0.2, 0.25) is 0 Å².